The third kappa shape index (κ3) is 4.26. The lowest BCUT2D eigenvalue weighted by molar-refractivity contribution is -0.136. The van der Waals surface area contributed by atoms with Crippen molar-refractivity contribution in [3.05, 3.63) is 65.5 Å². The number of pyridine rings is 1. The van der Waals surface area contributed by atoms with Gasteiger partial charge in [-0.05, 0) is 54.9 Å². The molecule has 4 nitrogen and oxygen atoms in total. The Labute approximate surface area is 150 Å². The molecule has 1 aromatic carbocycles. The van der Waals surface area contributed by atoms with Crippen molar-refractivity contribution in [2.24, 2.45) is 5.73 Å². The molecule has 1 aliphatic rings. The highest BCUT2D eigenvalue weighted by Crippen LogP contribution is 2.31. The van der Waals surface area contributed by atoms with Crippen LogP contribution in [0.15, 0.2) is 48.8 Å². The summed E-state index contributed by atoms with van der Waals surface area (Å²) in [5, 5.41) is 0. The van der Waals surface area contributed by atoms with Gasteiger partial charge in [0.2, 0.25) is 5.91 Å². The Morgan fingerprint density at radius 2 is 2.00 bits per heavy atom. The summed E-state index contributed by atoms with van der Waals surface area (Å²) in [6, 6.07) is 12.0. The summed E-state index contributed by atoms with van der Waals surface area (Å²) in [7, 11) is 0. The number of likely N-dealkylation sites (tertiary alicyclic amines) is 1. The summed E-state index contributed by atoms with van der Waals surface area (Å²) in [6.45, 7) is 2.92. The van der Waals surface area contributed by atoms with Gasteiger partial charge in [0, 0.05) is 18.9 Å². The first-order chi connectivity index (χ1) is 12.2. The van der Waals surface area contributed by atoms with E-state index in [0.29, 0.717) is 6.42 Å². The third-order valence-electron chi connectivity index (χ3n) is 5.06. The van der Waals surface area contributed by atoms with Crippen molar-refractivity contribution in [1.82, 2.24) is 9.88 Å². The first kappa shape index (κ1) is 17.6. The molecule has 1 aliphatic heterocycles. The van der Waals surface area contributed by atoms with E-state index in [2.05, 4.69) is 42.2 Å². The number of hydrogen-bond donors (Lipinski definition) is 1. The highest BCUT2D eigenvalue weighted by molar-refractivity contribution is 5.82. The highest BCUT2D eigenvalue weighted by atomic mass is 16.2. The first-order valence-corrected chi connectivity index (χ1v) is 9.23. The number of hydrogen-bond acceptors (Lipinski definition) is 3. The fraction of sp³-hybridized carbons (Fsp3) is 0.429. The average molecular weight is 337 g/mol. The van der Waals surface area contributed by atoms with Crippen molar-refractivity contribution >= 4 is 5.91 Å². The second-order valence-corrected chi connectivity index (χ2v) is 6.81. The van der Waals surface area contributed by atoms with Crippen molar-refractivity contribution in [1.29, 1.82) is 0 Å². The summed E-state index contributed by atoms with van der Waals surface area (Å²) in [5.74, 6) is 0.0492. The summed E-state index contributed by atoms with van der Waals surface area (Å²) in [4.78, 5) is 19.2. The fourth-order valence-electron chi connectivity index (χ4n) is 3.58. The van der Waals surface area contributed by atoms with E-state index in [1.807, 2.05) is 17.2 Å². The number of amides is 1. The molecule has 0 spiro atoms. The molecule has 0 saturated carbocycles. The molecule has 2 aromatic rings. The van der Waals surface area contributed by atoms with Gasteiger partial charge in [-0.1, -0.05) is 37.3 Å². The van der Waals surface area contributed by atoms with Gasteiger partial charge in [0.1, 0.15) is 0 Å². The number of piperidine rings is 1. The predicted octanol–water partition coefficient (Wildman–Crippen LogP) is 3.27. The normalized spacial score (nSPS) is 18.8. The van der Waals surface area contributed by atoms with E-state index in [9.17, 15) is 4.79 Å². The summed E-state index contributed by atoms with van der Waals surface area (Å²) in [6.07, 6.45) is 8.40. The maximum absolute atomic E-state index is 13.0. The molecule has 1 saturated heterocycles. The van der Waals surface area contributed by atoms with Crippen LogP contribution in [0.4, 0.5) is 0 Å². The molecule has 132 valence electrons. The largest absolute Gasteiger partial charge is 0.334 e. The highest BCUT2D eigenvalue weighted by Gasteiger charge is 2.31. The first-order valence-electron chi connectivity index (χ1n) is 9.23. The van der Waals surface area contributed by atoms with Crippen LogP contribution in [-0.4, -0.2) is 28.4 Å². The zero-order valence-corrected chi connectivity index (χ0v) is 14.9. The summed E-state index contributed by atoms with van der Waals surface area (Å²) >= 11 is 0. The van der Waals surface area contributed by atoms with Gasteiger partial charge in [0.05, 0.1) is 12.1 Å². The minimum Gasteiger partial charge on any atom is -0.334 e. The standard InChI is InChI=1S/C21H27N3O/c1-2-16-8-10-17(11-9-16)14-19(22)21(25)24-13-4-3-7-20(24)18-6-5-12-23-15-18/h5-6,8-12,15,19-20H,2-4,7,13-14,22H2,1H3. The van der Waals surface area contributed by atoms with Crippen LogP contribution in [0, 0.1) is 0 Å². The molecule has 1 aromatic heterocycles. The Balaban J connectivity index is 1.70. The van der Waals surface area contributed by atoms with Crippen LogP contribution < -0.4 is 5.73 Å². The van der Waals surface area contributed by atoms with Crippen molar-refractivity contribution in [3.63, 3.8) is 0 Å². The van der Waals surface area contributed by atoms with E-state index in [1.165, 1.54) is 5.56 Å². The van der Waals surface area contributed by atoms with E-state index in [0.717, 1.165) is 43.4 Å². The van der Waals surface area contributed by atoms with Crippen LogP contribution in [0.25, 0.3) is 0 Å². The number of carbonyl (C=O) groups excluding carboxylic acids is 1. The van der Waals surface area contributed by atoms with Gasteiger partial charge in [0.15, 0.2) is 0 Å². The molecular formula is C21H27N3O. The van der Waals surface area contributed by atoms with Crippen LogP contribution in [0.1, 0.15) is 48.9 Å². The van der Waals surface area contributed by atoms with Crippen LogP contribution in [-0.2, 0) is 17.6 Å². The monoisotopic (exact) mass is 337 g/mol. The minimum atomic E-state index is -0.496. The molecule has 1 fully saturated rings. The van der Waals surface area contributed by atoms with E-state index in [-0.39, 0.29) is 11.9 Å². The Bertz CT molecular complexity index is 684. The van der Waals surface area contributed by atoms with Crippen molar-refractivity contribution in [2.75, 3.05) is 6.54 Å². The second-order valence-electron chi connectivity index (χ2n) is 6.81. The van der Waals surface area contributed by atoms with Gasteiger partial charge in [-0.15, -0.1) is 0 Å². The maximum atomic E-state index is 13.0. The van der Waals surface area contributed by atoms with Gasteiger partial charge in [-0.3, -0.25) is 9.78 Å². The van der Waals surface area contributed by atoms with Crippen LogP contribution in [0.3, 0.4) is 0 Å². The fourth-order valence-corrected chi connectivity index (χ4v) is 3.58. The molecule has 1 amide bonds. The molecule has 2 unspecified atom stereocenters. The van der Waals surface area contributed by atoms with Crippen molar-refractivity contribution < 1.29 is 4.79 Å². The molecule has 25 heavy (non-hydrogen) atoms. The minimum absolute atomic E-state index is 0.0492. The number of rotatable bonds is 5. The molecule has 2 atom stereocenters. The summed E-state index contributed by atoms with van der Waals surface area (Å²) < 4.78 is 0. The van der Waals surface area contributed by atoms with Gasteiger partial charge in [-0.2, -0.15) is 0 Å². The Morgan fingerprint density at radius 3 is 2.68 bits per heavy atom. The van der Waals surface area contributed by atoms with Crippen molar-refractivity contribution in [2.45, 2.75) is 51.1 Å². The second kappa shape index (κ2) is 8.26. The number of aryl methyl sites for hydroxylation is 1. The zero-order chi connectivity index (χ0) is 17.6. The van der Waals surface area contributed by atoms with E-state index < -0.39 is 6.04 Å². The molecule has 2 N–H and O–H groups in total. The lowest BCUT2D eigenvalue weighted by Crippen LogP contribution is -2.48. The topological polar surface area (TPSA) is 59.2 Å². The molecule has 2 heterocycles. The Kier molecular flexibility index (Phi) is 5.82. The Hall–Kier alpha value is -2.20. The molecule has 0 aliphatic carbocycles. The number of benzene rings is 1. The van der Waals surface area contributed by atoms with E-state index >= 15 is 0 Å². The number of nitrogens with zero attached hydrogens (tertiary/aromatic N) is 2. The van der Waals surface area contributed by atoms with Gasteiger partial charge < -0.3 is 10.6 Å². The third-order valence-corrected chi connectivity index (χ3v) is 5.06. The van der Waals surface area contributed by atoms with Gasteiger partial charge >= 0.3 is 0 Å². The number of nitrogens with two attached hydrogens (primary N) is 1. The van der Waals surface area contributed by atoms with Crippen LogP contribution in [0.5, 0.6) is 0 Å². The van der Waals surface area contributed by atoms with E-state index in [4.69, 9.17) is 5.73 Å². The molecular weight excluding hydrogens is 310 g/mol. The predicted molar refractivity (Wildman–Crippen MR) is 100 cm³/mol. The van der Waals surface area contributed by atoms with Gasteiger partial charge in [0.25, 0.3) is 0 Å². The molecule has 0 bridgehead atoms. The average Bonchev–Trinajstić information content (AvgIpc) is 2.68. The van der Waals surface area contributed by atoms with Crippen molar-refractivity contribution in [3.8, 4) is 0 Å². The quantitative estimate of drug-likeness (QED) is 0.911. The lowest BCUT2D eigenvalue weighted by Gasteiger charge is -2.37. The molecule has 0 radical (unpaired) electrons. The van der Waals surface area contributed by atoms with Gasteiger partial charge in [-0.25, -0.2) is 0 Å². The number of aromatic nitrogens is 1. The van der Waals surface area contributed by atoms with E-state index in [1.54, 1.807) is 6.20 Å². The lowest BCUT2D eigenvalue weighted by atomic mass is 9.94. The van der Waals surface area contributed by atoms with Crippen LogP contribution >= 0.6 is 0 Å². The summed E-state index contributed by atoms with van der Waals surface area (Å²) in [5.41, 5.74) is 9.81. The number of carbonyl (C=O) groups is 1. The smallest absolute Gasteiger partial charge is 0.240 e. The molecule has 3 rings (SSSR count). The SMILES string of the molecule is CCc1ccc(CC(N)C(=O)N2CCCCC2c2cccnc2)cc1. The van der Waals surface area contributed by atoms with Crippen LogP contribution in [0.2, 0.25) is 0 Å². The maximum Gasteiger partial charge on any atom is 0.240 e. The zero-order valence-electron chi connectivity index (χ0n) is 14.9. The molecule has 4 heteroatoms. The Morgan fingerprint density at radius 1 is 1.24 bits per heavy atom.